The van der Waals surface area contributed by atoms with Gasteiger partial charge in [-0.15, -0.1) is 5.10 Å². The second-order valence-electron chi connectivity index (χ2n) is 8.91. The van der Waals surface area contributed by atoms with Gasteiger partial charge < -0.3 is 14.8 Å². The molecule has 0 saturated carbocycles. The van der Waals surface area contributed by atoms with Gasteiger partial charge in [0.15, 0.2) is 11.5 Å². The number of anilines is 1. The summed E-state index contributed by atoms with van der Waals surface area (Å²) in [5, 5.41) is 7.81. The molecule has 0 unspecified atom stereocenters. The van der Waals surface area contributed by atoms with Gasteiger partial charge in [0.05, 0.1) is 19.4 Å². The Morgan fingerprint density at radius 2 is 2.09 bits per heavy atom. The smallest absolute Gasteiger partial charge is 0.237 e. The van der Waals surface area contributed by atoms with Crippen LogP contribution in [-0.4, -0.2) is 58.1 Å². The molecule has 34 heavy (non-hydrogen) atoms. The summed E-state index contributed by atoms with van der Waals surface area (Å²) in [5.74, 6) is 1.90. The Balaban J connectivity index is 0.00000133. The van der Waals surface area contributed by atoms with Gasteiger partial charge in [0.1, 0.15) is 11.5 Å². The van der Waals surface area contributed by atoms with Crippen molar-refractivity contribution in [1.29, 1.82) is 0 Å². The van der Waals surface area contributed by atoms with E-state index in [1.54, 1.807) is 17.5 Å². The third-order valence-electron chi connectivity index (χ3n) is 5.92. The van der Waals surface area contributed by atoms with Crippen molar-refractivity contribution in [2.75, 3.05) is 38.2 Å². The van der Waals surface area contributed by atoms with Crippen LogP contribution in [-0.2, 0) is 16.0 Å². The summed E-state index contributed by atoms with van der Waals surface area (Å²) in [6.07, 6.45) is 3.40. The summed E-state index contributed by atoms with van der Waals surface area (Å²) in [7, 11) is 0. The van der Waals surface area contributed by atoms with Crippen LogP contribution in [0.2, 0.25) is 0 Å². The predicted octanol–water partition coefficient (Wildman–Crippen LogP) is 4.33. The average Bonchev–Trinajstić information content (AvgIpc) is 3.38. The topological polar surface area (TPSA) is 81.0 Å². The average molecular weight is 464 g/mol. The fourth-order valence-electron chi connectivity index (χ4n) is 4.39. The molecular weight excluding hydrogens is 430 g/mol. The number of imidazole rings is 1. The predicted molar refractivity (Wildman–Crippen MR) is 132 cm³/mol. The van der Waals surface area contributed by atoms with Crippen LogP contribution in [0.5, 0.6) is 11.6 Å². The van der Waals surface area contributed by atoms with Gasteiger partial charge in [0.25, 0.3) is 0 Å². The van der Waals surface area contributed by atoms with Gasteiger partial charge >= 0.3 is 0 Å². The standard InChI is InChI=1S/C24H27N5O3.C2H6/c1-17(12-28-9-8-24(14-28)15-31-16-24)25-21-13-29-22(26-21)6-7-23(27-29)32-20-5-3-4-19(11-20)10-18(2)30;1-2/h3-7,11,13,25H,1,8-10,12,14-16H2,2H3;1-2H3. The van der Waals surface area contributed by atoms with Gasteiger partial charge in [-0.25, -0.2) is 9.50 Å². The fraction of sp³-hybridized carbons (Fsp3) is 0.423. The first-order valence-electron chi connectivity index (χ1n) is 11.8. The van der Waals surface area contributed by atoms with E-state index in [0.29, 0.717) is 34.9 Å². The molecule has 1 spiro atoms. The molecule has 180 valence electrons. The molecule has 4 heterocycles. The zero-order valence-electron chi connectivity index (χ0n) is 20.2. The lowest BCUT2D eigenvalue weighted by molar-refractivity contribution is -0.116. The molecule has 0 amide bonds. The number of hydrogen-bond acceptors (Lipinski definition) is 7. The molecule has 0 radical (unpaired) electrons. The van der Waals surface area contributed by atoms with Crippen molar-refractivity contribution in [3.63, 3.8) is 0 Å². The van der Waals surface area contributed by atoms with Crippen molar-refractivity contribution in [3.8, 4) is 11.6 Å². The molecule has 5 rings (SSSR count). The second kappa shape index (κ2) is 10.4. The highest BCUT2D eigenvalue weighted by atomic mass is 16.5. The van der Waals surface area contributed by atoms with E-state index in [1.165, 1.54) is 6.42 Å². The largest absolute Gasteiger partial charge is 0.438 e. The number of nitrogens with one attached hydrogen (secondary N) is 1. The Morgan fingerprint density at radius 3 is 2.79 bits per heavy atom. The maximum Gasteiger partial charge on any atom is 0.237 e. The Morgan fingerprint density at radius 1 is 1.26 bits per heavy atom. The number of hydrogen-bond donors (Lipinski definition) is 1. The number of benzene rings is 1. The van der Waals surface area contributed by atoms with E-state index in [9.17, 15) is 4.79 Å². The summed E-state index contributed by atoms with van der Waals surface area (Å²) >= 11 is 0. The SMILES string of the molecule is C=C(CN1CCC2(COC2)C1)Nc1cn2nc(Oc3cccc(CC(C)=O)c3)ccc2n1.CC. The Kier molecular flexibility index (Phi) is 7.29. The first-order valence-corrected chi connectivity index (χ1v) is 11.8. The Hall–Kier alpha value is -3.23. The summed E-state index contributed by atoms with van der Waals surface area (Å²) in [5.41, 5.74) is 2.90. The number of carbonyl (C=O) groups is 1. The van der Waals surface area contributed by atoms with Crippen LogP contribution in [0, 0.1) is 5.41 Å². The van der Waals surface area contributed by atoms with Crippen molar-refractivity contribution in [3.05, 3.63) is 60.4 Å². The number of Topliss-reactive ketones (excluding diaryl/α,β-unsaturated/α-hetero) is 1. The van der Waals surface area contributed by atoms with Crippen molar-refractivity contribution in [2.24, 2.45) is 5.41 Å². The lowest BCUT2D eigenvalue weighted by Gasteiger charge is -2.37. The van der Waals surface area contributed by atoms with Crippen molar-refractivity contribution < 1.29 is 14.3 Å². The highest BCUT2D eigenvalue weighted by molar-refractivity contribution is 5.78. The van der Waals surface area contributed by atoms with E-state index in [0.717, 1.165) is 44.1 Å². The minimum atomic E-state index is 0.114. The van der Waals surface area contributed by atoms with Crippen LogP contribution in [0.4, 0.5) is 5.82 Å². The van der Waals surface area contributed by atoms with Crippen LogP contribution in [0.1, 0.15) is 32.8 Å². The van der Waals surface area contributed by atoms with Gasteiger partial charge in [-0.3, -0.25) is 9.69 Å². The normalized spacial score (nSPS) is 16.6. The van der Waals surface area contributed by atoms with Gasteiger partial charge in [-0.05, 0) is 43.7 Å². The monoisotopic (exact) mass is 463 g/mol. The van der Waals surface area contributed by atoms with E-state index in [4.69, 9.17) is 9.47 Å². The minimum Gasteiger partial charge on any atom is -0.438 e. The first-order chi connectivity index (χ1) is 16.5. The molecule has 0 aliphatic carbocycles. The van der Waals surface area contributed by atoms with Crippen LogP contribution in [0.3, 0.4) is 0 Å². The molecule has 2 fully saturated rings. The Bertz CT molecular complexity index is 1170. The lowest BCUT2D eigenvalue weighted by Crippen LogP contribution is -2.44. The van der Waals surface area contributed by atoms with Gasteiger partial charge in [0, 0.05) is 36.7 Å². The summed E-state index contributed by atoms with van der Waals surface area (Å²) in [6.45, 7) is 14.4. The lowest BCUT2D eigenvalue weighted by atomic mass is 9.85. The molecule has 0 bridgehead atoms. The van der Waals surface area contributed by atoms with E-state index in [-0.39, 0.29) is 5.78 Å². The molecule has 3 aromatic rings. The molecule has 0 atom stereocenters. The third kappa shape index (κ3) is 5.63. The zero-order valence-corrected chi connectivity index (χ0v) is 20.2. The van der Waals surface area contributed by atoms with Crippen LogP contribution in [0.15, 0.2) is 54.9 Å². The van der Waals surface area contributed by atoms with Gasteiger partial charge in [-0.2, -0.15) is 0 Å². The third-order valence-corrected chi connectivity index (χ3v) is 5.92. The van der Waals surface area contributed by atoms with Crippen molar-refractivity contribution in [1.82, 2.24) is 19.5 Å². The summed E-state index contributed by atoms with van der Waals surface area (Å²) in [6, 6.07) is 11.1. The number of ketones is 1. The maximum atomic E-state index is 11.4. The molecule has 2 saturated heterocycles. The molecular formula is C26H33N5O3. The Labute approximate surface area is 200 Å². The number of rotatable bonds is 8. The van der Waals surface area contributed by atoms with Gasteiger partial charge in [-0.1, -0.05) is 32.6 Å². The highest BCUT2D eigenvalue weighted by Gasteiger charge is 2.44. The second-order valence-corrected chi connectivity index (χ2v) is 8.91. The number of fused-ring (bicyclic) bond motifs is 1. The molecule has 8 heteroatoms. The van der Waals surface area contributed by atoms with Gasteiger partial charge in [0.2, 0.25) is 5.88 Å². The molecule has 2 aromatic heterocycles. The fourth-order valence-corrected chi connectivity index (χ4v) is 4.39. The zero-order chi connectivity index (χ0) is 24.1. The molecule has 1 N–H and O–H groups in total. The van der Waals surface area contributed by atoms with Crippen LogP contribution < -0.4 is 10.1 Å². The number of aromatic nitrogens is 3. The van der Waals surface area contributed by atoms with Crippen molar-refractivity contribution in [2.45, 2.75) is 33.6 Å². The first kappa shape index (κ1) is 23.9. The van der Waals surface area contributed by atoms with E-state index in [1.807, 2.05) is 50.4 Å². The number of nitrogens with zero attached hydrogens (tertiary/aromatic N) is 4. The number of carbonyl (C=O) groups excluding carboxylic acids is 1. The van der Waals surface area contributed by atoms with E-state index in [2.05, 4.69) is 26.9 Å². The van der Waals surface area contributed by atoms with E-state index < -0.39 is 0 Å². The summed E-state index contributed by atoms with van der Waals surface area (Å²) < 4.78 is 13.0. The summed E-state index contributed by atoms with van der Waals surface area (Å²) in [4.78, 5) is 18.4. The molecule has 8 nitrogen and oxygen atoms in total. The van der Waals surface area contributed by atoms with Crippen LogP contribution in [0.25, 0.3) is 5.65 Å². The molecule has 2 aliphatic rings. The quantitative estimate of drug-likeness (QED) is 0.533. The minimum absolute atomic E-state index is 0.114. The van der Waals surface area contributed by atoms with E-state index >= 15 is 0 Å². The molecule has 1 aromatic carbocycles. The maximum absolute atomic E-state index is 11.4. The molecule has 2 aliphatic heterocycles. The van der Waals surface area contributed by atoms with Crippen LogP contribution >= 0.6 is 0 Å². The highest BCUT2D eigenvalue weighted by Crippen LogP contribution is 2.37. The number of likely N-dealkylation sites (tertiary alicyclic amines) is 1. The number of ether oxygens (including phenoxy) is 2. The van der Waals surface area contributed by atoms with Crippen molar-refractivity contribution >= 4 is 17.2 Å².